The molecule has 1 aliphatic carbocycles. The number of carbonyl (C=O) groups excluding carboxylic acids is 2. The molecule has 3 heterocycles. The summed E-state index contributed by atoms with van der Waals surface area (Å²) in [5.74, 6) is 0.260. The lowest BCUT2D eigenvalue weighted by atomic mass is 9.70. The number of hydrogen-bond acceptors (Lipinski definition) is 8. The Morgan fingerprint density at radius 2 is 1.77 bits per heavy atom. The molecule has 0 bridgehead atoms. The Hall–Kier alpha value is -3.96. The lowest BCUT2D eigenvalue weighted by Crippen LogP contribution is -2.41. The standard InChI is InChI=1S/C36H49BN4O6/c1-11-28(37-46-35(5,6)36(7,8)47-37)32(27-22-25-14-12-18-38-29(25)23-27)26-16-17-30(39-24-26)44-21-20-41(33(43)45-34(2,3)4)19-13-15-31(42)40(9)10/h12-18,22,24H,11,19-21,23H2,1-10H3/b15-13+,32-28+. The zero-order valence-electron chi connectivity index (χ0n) is 29.5. The molecule has 1 fully saturated rings. The fourth-order valence-electron chi connectivity index (χ4n) is 5.22. The molecule has 11 heteroatoms. The second-order valence-electron chi connectivity index (χ2n) is 14.0. The van der Waals surface area contributed by atoms with Gasteiger partial charge in [0.05, 0.1) is 23.4 Å². The van der Waals surface area contributed by atoms with Gasteiger partial charge in [0, 0.05) is 51.6 Å². The van der Waals surface area contributed by atoms with Crippen molar-refractivity contribution in [3.63, 3.8) is 0 Å². The monoisotopic (exact) mass is 644 g/mol. The van der Waals surface area contributed by atoms with E-state index in [0.717, 1.165) is 39.9 Å². The summed E-state index contributed by atoms with van der Waals surface area (Å²) in [6.45, 7) is 16.4. The van der Waals surface area contributed by atoms with Crippen molar-refractivity contribution in [3.8, 4) is 5.88 Å². The first-order valence-electron chi connectivity index (χ1n) is 16.2. The van der Waals surface area contributed by atoms with Crippen LogP contribution < -0.4 is 4.74 Å². The van der Waals surface area contributed by atoms with Crippen LogP contribution in [0.2, 0.25) is 0 Å². The first-order chi connectivity index (χ1) is 22.0. The van der Waals surface area contributed by atoms with Crippen LogP contribution in [0, 0.1) is 0 Å². The topological polar surface area (TPSA) is 103 Å². The molecule has 0 aromatic carbocycles. The SMILES string of the molecule is CC/C(B1OC(C)(C)C(C)(C)O1)=C(\C1=Cc2cccnc2C1)c1ccc(OCCN(C/C=C/C(=O)N(C)C)C(=O)OC(C)(C)C)nc1. The minimum atomic E-state index is -0.661. The van der Waals surface area contributed by atoms with E-state index in [1.807, 2.05) is 51.4 Å². The number of likely N-dealkylation sites (N-methyl/N-ethyl adjacent to an activating group) is 1. The van der Waals surface area contributed by atoms with E-state index in [-0.39, 0.29) is 25.6 Å². The van der Waals surface area contributed by atoms with Crippen LogP contribution in [-0.4, -0.2) is 89.5 Å². The fourth-order valence-corrected chi connectivity index (χ4v) is 5.22. The summed E-state index contributed by atoms with van der Waals surface area (Å²) in [7, 11) is 2.84. The quantitative estimate of drug-likeness (QED) is 0.211. The van der Waals surface area contributed by atoms with Gasteiger partial charge in [0.15, 0.2) is 0 Å². The highest BCUT2D eigenvalue weighted by molar-refractivity contribution is 6.56. The summed E-state index contributed by atoms with van der Waals surface area (Å²) in [6, 6.07) is 7.87. The van der Waals surface area contributed by atoms with Gasteiger partial charge in [-0.05, 0) is 101 Å². The highest BCUT2D eigenvalue weighted by Crippen LogP contribution is 2.43. The molecule has 47 heavy (non-hydrogen) atoms. The maximum Gasteiger partial charge on any atom is 0.491 e. The van der Waals surface area contributed by atoms with E-state index in [0.29, 0.717) is 12.3 Å². The van der Waals surface area contributed by atoms with Crippen LogP contribution in [0.1, 0.15) is 78.6 Å². The number of allylic oxidation sites excluding steroid dienone is 3. The average molecular weight is 645 g/mol. The highest BCUT2D eigenvalue weighted by Gasteiger charge is 2.52. The van der Waals surface area contributed by atoms with Gasteiger partial charge in [-0.25, -0.2) is 9.78 Å². The first-order valence-corrected chi connectivity index (χ1v) is 16.2. The van der Waals surface area contributed by atoms with E-state index in [2.05, 4.69) is 56.7 Å². The predicted octanol–water partition coefficient (Wildman–Crippen LogP) is 6.17. The lowest BCUT2D eigenvalue weighted by molar-refractivity contribution is -0.123. The molecule has 0 spiro atoms. The smallest absolute Gasteiger partial charge is 0.476 e. The van der Waals surface area contributed by atoms with Gasteiger partial charge < -0.3 is 28.6 Å². The summed E-state index contributed by atoms with van der Waals surface area (Å²) < 4.78 is 24.6. The van der Waals surface area contributed by atoms with Crippen LogP contribution >= 0.6 is 0 Å². The third kappa shape index (κ3) is 8.90. The summed E-state index contributed by atoms with van der Waals surface area (Å²) in [5.41, 5.74) is 4.68. The molecule has 252 valence electrons. The van der Waals surface area contributed by atoms with Crippen molar-refractivity contribution >= 4 is 30.8 Å². The molecule has 0 radical (unpaired) electrons. The number of nitrogens with zero attached hydrogens (tertiary/aromatic N) is 4. The van der Waals surface area contributed by atoms with E-state index in [1.54, 1.807) is 20.2 Å². The number of pyridine rings is 2. The van der Waals surface area contributed by atoms with Gasteiger partial charge in [-0.2, -0.15) is 0 Å². The van der Waals surface area contributed by atoms with E-state index in [1.165, 1.54) is 15.9 Å². The average Bonchev–Trinajstić information content (AvgIpc) is 3.50. The van der Waals surface area contributed by atoms with Crippen LogP contribution in [0.15, 0.2) is 59.9 Å². The molecule has 10 nitrogen and oxygen atoms in total. The second-order valence-corrected chi connectivity index (χ2v) is 14.0. The summed E-state index contributed by atoms with van der Waals surface area (Å²) >= 11 is 0. The number of rotatable bonds is 11. The molecular weight excluding hydrogens is 595 g/mol. The molecule has 1 aliphatic heterocycles. The van der Waals surface area contributed by atoms with Gasteiger partial charge in [-0.1, -0.05) is 19.1 Å². The Balaban J connectivity index is 1.55. The molecule has 2 amide bonds. The van der Waals surface area contributed by atoms with Crippen molar-refractivity contribution in [1.82, 2.24) is 19.8 Å². The second kappa shape index (κ2) is 14.4. The zero-order chi connectivity index (χ0) is 34.6. The number of ether oxygens (including phenoxy) is 2. The Labute approximate surface area is 280 Å². The molecule has 0 saturated carbocycles. The Morgan fingerprint density at radius 3 is 2.34 bits per heavy atom. The van der Waals surface area contributed by atoms with E-state index in [9.17, 15) is 9.59 Å². The number of hydrogen-bond donors (Lipinski definition) is 0. The van der Waals surface area contributed by atoms with Gasteiger partial charge in [0.25, 0.3) is 0 Å². The molecule has 2 aromatic rings. The van der Waals surface area contributed by atoms with E-state index in [4.69, 9.17) is 18.8 Å². The van der Waals surface area contributed by atoms with Crippen molar-refractivity contribution < 1.29 is 28.4 Å². The highest BCUT2D eigenvalue weighted by atomic mass is 16.7. The summed E-state index contributed by atoms with van der Waals surface area (Å²) in [6.07, 6.45) is 9.83. The molecular formula is C36H49BN4O6. The zero-order valence-corrected chi connectivity index (χ0v) is 29.5. The van der Waals surface area contributed by atoms with Crippen molar-refractivity contribution in [3.05, 3.63) is 76.7 Å². The molecule has 2 aliphatic rings. The number of carbonyl (C=O) groups is 2. The van der Waals surface area contributed by atoms with Crippen molar-refractivity contribution in [2.75, 3.05) is 33.8 Å². The largest absolute Gasteiger partial charge is 0.491 e. The predicted molar refractivity (Wildman–Crippen MR) is 185 cm³/mol. The van der Waals surface area contributed by atoms with E-state index >= 15 is 0 Å². The third-order valence-corrected chi connectivity index (χ3v) is 8.49. The number of fused-ring (bicyclic) bond motifs is 1. The maximum absolute atomic E-state index is 12.9. The van der Waals surface area contributed by atoms with Gasteiger partial charge in [-0.15, -0.1) is 0 Å². The molecule has 0 N–H and O–H groups in total. The summed E-state index contributed by atoms with van der Waals surface area (Å²) in [4.78, 5) is 37.1. The van der Waals surface area contributed by atoms with Gasteiger partial charge >= 0.3 is 13.2 Å². The lowest BCUT2D eigenvalue weighted by Gasteiger charge is -2.32. The first kappa shape index (κ1) is 35.9. The third-order valence-electron chi connectivity index (χ3n) is 8.49. The van der Waals surface area contributed by atoms with Crippen molar-refractivity contribution in [1.29, 1.82) is 0 Å². The summed E-state index contributed by atoms with van der Waals surface area (Å²) in [5, 5.41) is 0. The molecule has 2 aromatic heterocycles. The molecule has 1 saturated heterocycles. The van der Waals surface area contributed by atoms with Crippen LogP contribution in [0.4, 0.5) is 4.79 Å². The van der Waals surface area contributed by atoms with Crippen molar-refractivity contribution in [2.24, 2.45) is 0 Å². The fraction of sp³-hybridized carbons (Fsp3) is 0.500. The Morgan fingerprint density at radius 1 is 1.06 bits per heavy atom. The van der Waals surface area contributed by atoms with Crippen LogP contribution in [0.5, 0.6) is 5.88 Å². The number of aromatic nitrogens is 2. The molecule has 4 rings (SSSR count). The van der Waals surface area contributed by atoms with Crippen molar-refractivity contribution in [2.45, 2.75) is 85.0 Å². The molecule has 0 unspecified atom stereocenters. The van der Waals surface area contributed by atoms with Gasteiger partial charge in [-0.3, -0.25) is 9.78 Å². The normalized spacial score (nSPS) is 17.2. The minimum Gasteiger partial charge on any atom is -0.476 e. The minimum absolute atomic E-state index is 0.165. The van der Waals surface area contributed by atoms with Crippen LogP contribution in [0.25, 0.3) is 11.6 Å². The number of amides is 2. The van der Waals surface area contributed by atoms with Gasteiger partial charge in [0.2, 0.25) is 11.8 Å². The molecule has 0 atom stereocenters. The van der Waals surface area contributed by atoms with Crippen LogP contribution in [-0.2, 0) is 25.3 Å². The maximum atomic E-state index is 12.9. The van der Waals surface area contributed by atoms with E-state index < -0.39 is 30.0 Å². The van der Waals surface area contributed by atoms with Gasteiger partial charge in [0.1, 0.15) is 12.2 Å². The van der Waals surface area contributed by atoms with Crippen LogP contribution in [0.3, 0.4) is 0 Å². The Kier molecular flexibility index (Phi) is 11.0. The Bertz CT molecular complexity index is 1520.